The van der Waals surface area contributed by atoms with Crippen molar-refractivity contribution in [3.8, 4) is 0 Å². The summed E-state index contributed by atoms with van der Waals surface area (Å²) in [5.74, 6) is 2.97. The van der Waals surface area contributed by atoms with Crippen LogP contribution in [0, 0.1) is 24.7 Å². The largest absolute Gasteiger partial charge is 0.348 e. The molecule has 3 atom stereocenters. The number of nitrogens with zero attached hydrogens (tertiary/aromatic N) is 5. The molecule has 0 unspecified atom stereocenters. The van der Waals surface area contributed by atoms with E-state index < -0.39 is 0 Å². The maximum atomic E-state index is 12.7. The van der Waals surface area contributed by atoms with Crippen LogP contribution in [0.15, 0.2) is 36.7 Å². The molecule has 1 aromatic carbocycles. The molecule has 7 nitrogen and oxygen atoms in total. The van der Waals surface area contributed by atoms with Crippen LogP contribution in [0.1, 0.15) is 36.5 Å². The zero-order valence-electron chi connectivity index (χ0n) is 19.0. The molecule has 1 N–H and O–H groups in total. The first-order valence-corrected chi connectivity index (χ1v) is 11.7. The Morgan fingerprint density at radius 3 is 2.91 bits per heavy atom. The summed E-state index contributed by atoms with van der Waals surface area (Å²) in [7, 11) is 2.00. The van der Waals surface area contributed by atoms with Crippen LogP contribution in [0.3, 0.4) is 0 Å². The van der Waals surface area contributed by atoms with E-state index in [2.05, 4.69) is 41.9 Å². The minimum absolute atomic E-state index is 0.0821. The first-order chi connectivity index (χ1) is 15.6. The molecule has 1 aliphatic carbocycles. The highest BCUT2D eigenvalue weighted by Gasteiger charge is 2.40. The third-order valence-corrected chi connectivity index (χ3v) is 7.34. The van der Waals surface area contributed by atoms with Gasteiger partial charge in [0.25, 0.3) is 0 Å². The van der Waals surface area contributed by atoms with Crippen molar-refractivity contribution in [2.24, 2.45) is 24.8 Å². The van der Waals surface area contributed by atoms with Crippen LogP contribution in [0.4, 0.5) is 0 Å². The predicted molar refractivity (Wildman–Crippen MR) is 124 cm³/mol. The summed E-state index contributed by atoms with van der Waals surface area (Å²) in [5.41, 5.74) is 4.24. The number of nitrogens with one attached hydrogen (secondary N) is 1. The number of para-hydroxylation sites is 2. The number of likely N-dealkylation sites (tertiary alicyclic amines) is 1. The number of imidazole rings is 1. The molecule has 1 aliphatic heterocycles. The van der Waals surface area contributed by atoms with Gasteiger partial charge in [0.05, 0.1) is 24.1 Å². The number of carbonyl (C=O) groups is 1. The lowest BCUT2D eigenvalue weighted by Gasteiger charge is -2.33. The SMILES string of the molecule is Cc1cc(C[C@H]2CCC[C@@H]3CN(CC(=O)NCc4nc5ccccc5n4C)C[C@H]23)ncn1. The third-order valence-electron chi connectivity index (χ3n) is 7.34. The van der Waals surface area contributed by atoms with E-state index in [0.717, 1.165) is 47.8 Å². The van der Waals surface area contributed by atoms with E-state index in [1.54, 1.807) is 6.33 Å². The summed E-state index contributed by atoms with van der Waals surface area (Å²) in [6.45, 7) is 5.00. The standard InChI is InChI=1S/C25H32N6O/c1-17-10-20(28-16-27-17)11-18-6-5-7-19-13-31(14-21(18)19)15-25(32)26-12-24-29-22-8-3-4-9-23(22)30(24)2/h3-4,8-10,16,18-19,21H,5-7,11-15H2,1-2H3,(H,26,32)/t18-,19-,21-/m1/s1. The van der Waals surface area contributed by atoms with Crippen molar-refractivity contribution in [2.75, 3.05) is 19.6 Å². The second-order valence-corrected chi connectivity index (χ2v) is 9.52. The van der Waals surface area contributed by atoms with E-state index in [9.17, 15) is 4.79 Å². The number of amides is 1. The van der Waals surface area contributed by atoms with Gasteiger partial charge in [-0.05, 0) is 62.1 Å². The zero-order valence-corrected chi connectivity index (χ0v) is 19.0. The molecule has 1 amide bonds. The molecule has 168 valence electrons. The van der Waals surface area contributed by atoms with Gasteiger partial charge in [-0.3, -0.25) is 9.69 Å². The van der Waals surface area contributed by atoms with Crippen LogP contribution in [-0.4, -0.2) is 50.0 Å². The van der Waals surface area contributed by atoms with Crippen molar-refractivity contribution in [3.05, 3.63) is 53.9 Å². The summed E-state index contributed by atoms with van der Waals surface area (Å²) in [6.07, 6.45) is 6.53. The van der Waals surface area contributed by atoms with Gasteiger partial charge >= 0.3 is 0 Å². The van der Waals surface area contributed by atoms with Crippen LogP contribution < -0.4 is 5.32 Å². The normalized spacial score (nSPS) is 23.4. The lowest BCUT2D eigenvalue weighted by molar-refractivity contribution is -0.122. The average Bonchev–Trinajstić information content (AvgIpc) is 3.33. The molecule has 0 spiro atoms. The van der Waals surface area contributed by atoms with Crippen molar-refractivity contribution in [1.82, 2.24) is 29.7 Å². The summed E-state index contributed by atoms with van der Waals surface area (Å²) in [6, 6.07) is 10.2. The Balaban J connectivity index is 1.16. The third kappa shape index (κ3) is 4.39. The minimum Gasteiger partial charge on any atom is -0.348 e. The Morgan fingerprint density at radius 1 is 1.19 bits per heavy atom. The predicted octanol–water partition coefficient (Wildman–Crippen LogP) is 2.88. The Kier molecular flexibility index (Phi) is 5.91. The van der Waals surface area contributed by atoms with Crippen molar-refractivity contribution >= 4 is 16.9 Å². The molecule has 7 heteroatoms. The van der Waals surface area contributed by atoms with Gasteiger partial charge in [0.2, 0.25) is 5.91 Å². The second-order valence-electron chi connectivity index (χ2n) is 9.52. The van der Waals surface area contributed by atoms with E-state index in [1.165, 1.54) is 19.3 Å². The van der Waals surface area contributed by atoms with Crippen LogP contribution >= 0.6 is 0 Å². The van der Waals surface area contributed by atoms with Gasteiger partial charge in [0, 0.05) is 31.5 Å². The Bertz CT molecular complexity index is 1110. The monoisotopic (exact) mass is 432 g/mol. The van der Waals surface area contributed by atoms with Gasteiger partial charge in [-0.1, -0.05) is 18.6 Å². The lowest BCUT2D eigenvalue weighted by Crippen LogP contribution is -2.36. The zero-order chi connectivity index (χ0) is 22.1. The van der Waals surface area contributed by atoms with E-state index in [4.69, 9.17) is 0 Å². The molecule has 1 saturated heterocycles. The number of aromatic nitrogens is 4. The number of hydrogen-bond donors (Lipinski definition) is 1. The Morgan fingerprint density at radius 2 is 2.06 bits per heavy atom. The minimum atomic E-state index is 0.0821. The van der Waals surface area contributed by atoms with Gasteiger partial charge in [0.1, 0.15) is 12.2 Å². The van der Waals surface area contributed by atoms with Gasteiger partial charge in [-0.15, -0.1) is 0 Å². The molecule has 0 radical (unpaired) electrons. The van der Waals surface area contributed by atoms with E-state index >= 15 is 0 Å². The summed E-state index contributed by atoms with van der Waals surface area (Å²) in [5, 5.41) is 3.09. The van der Waals surface area contributed by atoms with Gasteiger partial charge < -0.3 is 9.88 Å². The van der Waals surface area contributed by atoms with E-state index in [0.29, 0.717) is 30.8 Å². The van der Waals surface area contributed by atoms with E-state index in [-0.39, 0.29) is 5.91 Å². The smallest absolute Gasteiger partial charge is 0.234 e. The fourth-order valence-electron chi connectivity index (χ4n) is 5.75. The van der Waals surface area contributed by atoms with Gasteiger partial charge in [0.15, 0.2) is 0 Å². The van der Waals surface area contributed by atoms with E-state index in [1.807, 2.05) is 32.2 Å². The number of hydrogen-bond acceptors (Lipinski definition) is 5. The first kappa shape index (κ1) is 21.1. The number of rotatable bonds is 6. The number of aryl methyl sites for hydroxylation is 2. The molecule has 2 aromatic heterocycles. The van der Waals surface area contributed by atoms with Crippen LogP contribution in [0.25, 0.3) is 11.0 Å². The molecule has 3 aromatic rings. The topological polar surface area (TPSA) is 75.9 Å². The molecule has 3 heterocycles. The molecular formula is C25H32N6O. The quantitative estimate of drug-likeness (QED) is 0.648. The molecule has 2 aliphatic rings. The van der Waals surface area contributed by atoms with Crippen molar-refractivity contribution in [2.45, 2.75) is 39.2 Å². The van der Waals surface area contributed by atoms with Crippen molar-refractivity contribution in [1.29, 1.82) is 0 Å². The van der Waals surface area contributed by atoms with Crippen LogP contribution in [-0.2, 0) is 24.8 Å². The summed E-state index contributed by atoms with van der Waals surface area (Å²) >= 11 is 0. The molecule has 5 rings (SSSR count). The second kappa shape index (κ2) is 8.98. The maximum absolute atomic E-state index is 12.7. The average molecular weight is 433 g/mol. The fraction of sp³-hybridized carbons (Fsp3) is 0.520. The lowest BCUT2D eigenvalue weighted by atomic mass is 9.72. The fourth-order valence-corrected chi connectivity index (χ4v) is 5.75. The molecule has 0 bridgehead atoms. The van der Waals surface area contributed by atoms with Crippen LogP contribution in [0.5, 0.6) is 0 Å². The molecule has 32 heavy (non-hydrogen) atoms. The number of benzene rings is 1. The van der Waals surface area contributed by atoms with Crippen molar-refractivity contribution in [3.63, 3.8) is 0 Å². The molecule has 1 saturated carbocycles. The number of fused-ring (bicyclic) bond motifs is 2. The van der Waals surface area contributed by atoms with Crippen LogP contribution in [0.2, 0.25) is 0 Å². The summed E-state index contributed by atoms with van der Waals surface area (Å²) < 4.78 is 2.06. The Labute approximate surface area is 189 Å². The molecular weight excluding hydrogens is 400 g/mol. The maximum Gasteiger partial charge on any atom is 0.234 e. The highest BCUT2D eigenvalue weighted by atomic mass is 16.2. The highest BCUT2D eigenvalue weighted by molar-refractivity contribution is 5.78. The number of carbonyl (C=O) groups excluding carboxylic acids is 1. The van der Waals surface area contributed by atoms with Gasteiger partial charge in [-0.2, -0.15) is 0 Å². The Hall–Kier alpha value is -2.80. The first-order valence-electron chi connectivity index (χ1n) is 11.7. The molecule has 2 fully saturated rings. The highest BCUT2D eigenvalue weighted by Crippen LogP contribution is 2.41. The summed E-state index contributed by atoms with van der Waals surface area (Å²) in [4.78, 5) is 28.4. The van der Waals surface area contributed by atoms with Gasteiger partial charge in [-0.25, -0.2) is 15.0 Å². The van der Waals surface area contributed by atoms with Crippen molar-refractivity contribution < 1.29 is 4.79 Å².